The minimum Gasteiger partial charge on any atom is -0.352 e. The summed E-state index contributed by atoms with van der Waals surface area (Å²) in [4.78, 5) is 16.3. The Morgan fingerprint density at radius 3 is 2.62 bits per heavy atom. The maximum absolute atomic E-state index is 11.6. The molecule has 0 aliphatic heterocycles. The van der Waals surface area contributed by atoms with Gasteiger partial charge in [-0.1, -0.05) is 38.1 Å². The Morgan fingerprint density at radius 1 is 1.33 bits per heavy atom. The van der Waals surface area contributed by atoms with Crippen molar-refractivity contribution in [2.45, 2.75) is 39.2 Å². The van der Waals surface area contributed by atoms with E-state index < -0.39 is 0 Å². The molecule has 0 bridgehead atoms. The number of rotatable bonds is 5. The number of carbonyl (C=O) groups excluding carboxylic acids is 1. The molecule has 2 aromatic rings. The van der Waals surface area contributed by atoms with Crippen molar-refractivity contribution in [1.29, 1.82) is 0 Å². The molecule has 1 fully saturated rings. The van der Waals surface area contributed by atoms with Crippen molar-refractivity contribution in [2.24, 2.45) is 5.92 Å². The van der Waals surface area contributed by atoms with Gasteiger partial charge in [0.1, 0.15) is 5.01 Å². The standard InChI is InChI=1S/C17H20N2OS/c1-11(2)15-10-21-17(19-15)14-5-3-12(4-6-14)9-18-16(20)13-7-8-13/h3-6,10-11,13H,7-9H2,1-2H3,(H,18,20). The summed E-state index contributed by atoms with van der Waals surface area (Å²) in [5, 5.41) is 6.18. The van der Waals surface area contributed by atoms with Crippen LogP contribution in [0.3, 0.4) is 0 Å². The first-order chi connectivity index (χ1) is 10.1. The number of amides is 1. The number of carbonyl (C=O) groups is 1. The second-order valence-electron chi connectivity index (χ2n) is 5.92. The molecule has 3 nitrogen and oxygen atoms in total. The van der Waals surface area contributed by atoms with Crippen LogP contribution < -0.4 is 5.32 Å². The van der Waals surface area contributed by atoms with Gasteiger partial charge in [0.2, 0.25) is 5.91 Å². The molecule has 1 aliphatic rings. The van der Waals surface area contributed by atoms with Crippen LogP contribution >= 0.6 is 11.3 Å². The van der Waals surface area contributed by atoms with E-state index in [-0.39, 0.29) is 11.8 Å². The molecule has 1 N–H and O–H groups in total. The van der Waals surface area contributed by atoms with Gasteiger partial charge < -0.3 is 5.32 Å². The van der Waals surface area contributed by atoms with Crippen molar-refractivity contribution in [3.8, 4) is 10.6 Å². The van der Waals surface area contributed by atoms with E-state index in [1.807, 2.05) is 0 Å². The van der Waals surface area contributed by atoms with Crippen LogP contribution in [0.5, 0.6) is 0 Å². The summed E-state index contributed by atoms with van der Waals surface area (Å²) < 4.78 is 0. The minimum atomic E-state index is 0.195. The molecule has 1 aliphatic carbocycles. The van der Waals surface area contributed by atoms with E-state index in [0.29, 0.717) is 12.5 Å². The average Bonchev–Trinajstić information content (AvgIpc) is 3.22. The molecule has 0 atom stereocenters. The second kappa shape index (κ2) is 5.98. The topological polar surface area (TPSA) is 42.0 Å². The summed E-state index contributed by atoms with van der Waals surface area (Å²) >= 11 is 1.69. The normalized spacial score (nSPS) is 14.4. The molecule has 3 rings (SSSR count). The average molecular weight is 300 g/mol. The van der Waals surface area contributed by atoms with Gasteiger partial charge in [0.05, 0.1) is 5.69 Å². The van der Waals surface area contributed by atoms with Gasteiger partial charge in [0.15, 0.2) is 0 Å². The fraction of sp³-hybridized carbons (Fsp3) is 0.412. The molecule has 1 aromatic heterocycles. The number of thiazole rings is 1. The molecule has 1 saturated carbocycles. The first kappa shape index (κ1) is 14.3. The Bertz CT molecular complexity index is 626. The lowest BCUT2D eigenvalue weighted by Gasteiger charge is -2.05. The fourth-order valence-corrected chi connectivity index (χ4v) is 3.12. The third-order valence-electron chi connectivity index (χ3n) is 3.73. The molecule has 0 spiro atoms. The first-order valence-corrected chi connectivity index (χ1v) is 8.34. The molecule has 1 aromatic carbocycles. The summed E-state index contributed by atoms with van der Waals surface area (Å²) in [5.74, 6) is 0.932. The molecule has 1 heterocycles. The van der Waals surface area contributed by atoms with Crippen LogP contribution in [0.4, 0.5) is 0 Å². The van der Waals surface area contributed by atoms with E-state index in [9.17, 15) is 4.79 Å². The maximum Gasteiger partial charge on any atom is 0.223 e. The van der Waals surface area contributed by atoms with Gasteiger partial charge in [0.25, 0.3) is 0 Å². The smallest absolute Gasteiger partial charge is 0.223 e. The number of aromatic nitrogens is 1. The highest BCUT2D eigenvalue weighted by Crippen LogP contribution is 2.29. The van der Waals surface area contributed by atoms with E-state index in [1.54, 1.807) is 11.3 Å². The first-order valence-electron chi connectivity index (χ1n) is 7.46. The Kier molecular flexibility index (Phi) is 4.06. The van der Waals surface area contributed by atoms with Gasteiger partial charge in [-0.05, 0) is 24.3 Å². The van der Waals surface area contributed by atoms with Gasteiger partial charge in [-0.15, -0.1) is 11.3 Å². The Balaban J connectivity index is 1.63. The van der Waals surface area contributed by atoms with Gasteiger partial charge in [0, 0.05) is 23.4 Å². The molecule has 0 saturated heterocycles. The highest BCUT2D eigenvalue weighted by Gasteiger charge is 2.29. The van der Waals surface area contributed by atoms with Crippen LogP contribution in [0.25, 0.3) is 10.6 Å². The van der Waals surface area contributed by atoms with Crippen LogP contribution in [-0.4, -0.2) is 10.9 Å². The molecule has 1 amide bonds. The highest BCUT2D eigenvalue weighted by atomic mass is 32.1. The summed E-state index contributed by atoms with van der Waals surface area (Å²) in [6.07, 6.45) is 2.10. The van der Waals surface area contributed by atoms with Crippen molar-refractivity contribution >= 4 is 17.2 Å². The van der Waals surface area contributed by atoms with E-state index in [2.05, 4.69) is 53.8 Å². The number of nitrogens with one attached hydrogen (secondary N) is 1. The van der Waals surface area contributed by atoms with Crippen molar-refractivity contribution in [2.75, 3.05) is 0 Å². The van der Waals surface area contributed by atoms with Crippen molar-refractivity contribution in [1.82, 2.24) is 10.3 Å². The van der Waals surface area contributed by atoms with Crippen molar-refractivity contribution < 1.29 is 4.79 Å². The largest absolute Gasteiger partial charge is 0.352 e. The number of hydrogen-bond acceptors (Lipinski definition) is 3. The Hall–Kier alpha value is -1.68. The van der Waals surface area contributed by atoms with Crippen molar-refractivity contribution in [3.05, 3.63) is 40.9 Å². The van der Waals surface area contributed by atoms with Gasteiger partial charge in [-0.25, -0.2) is 4.98 Å². The zero-order valence-corrected chi connectivity index (χ0v) is 13.2. The summed E-state index contributed by atoms with van der Waals surface area (Å²) in [7, 11) is 0. The predicted octanol–water partition coefficient (Wildman–Crippen LogP) is 3.96. The quantitative estimate of drug-likeness (QED) is 0.908. The molecule has 4 heteroatoms. The van der Waals surface area contributed by atoms with Crippen molar-refractivity contribution in [3.63, 3.8) is 0 Å². The zero-order chi connectivity index (χ0) is 14.8. The minimum absolute atomic E-state index is 0.195. The summed E-state index contributed by atoms with van der Waals surface area (Å²) in [6, 6.07) is 8.31. The fourth-order valence-electron chi connectivity index (χ4n) is 2.13. The second-order valence-corrected chi connectivity index (χ2v) is 6.78. The summed E-state index contributed by atoms with van der Waals surface area (Å²) in [5.41, 5.74) is 3.42. The van der Waals surface area contributed by atoms with Crippen LogP contribution in [0.1, 0.15) is 43.9 Å². The van der Waals surface area contributed by atoms with E-state index >= 15 is 0 Å². The Morgan fingerprint density at radius 2 is 2.05 bits per heavy atom. The molecule has 21 heavy (non-hydrogen) atoms. The van der Waals surface area contributed by atoms with Gasteiger partial charge in [-0.3, -0.25) is 4.79 Å². The van der Waals surface area contributed by atoms with Crippen LogP contribution in [-0.2, 0) is 11.3 Å². The molecule has 0 radical (unpaired) electrons. The lowest BCUT2D eigenvalue weighted by molar-refractivity contribution is -0.122. The SMILES string of the molecule is CC(C)c1csc(-c2ccc(CNC(=O)C3CC3)cc2)n1. The van der Waals surface area contributed by atoms with Crippen LogP contribution in [0, 0.1) is 5.92 Å². The van der Waals surface area contributed by atoms with E-state index in [0.717, 1.165) is 34.7 Å². The lowest BCUT2D eigenvalue weighted by atomic mass is 10.1. The van der Waals surface area contributed by atoms with Crippen LogP contribution in [0.15, 0.2) is 29.6 Å². The zero-order valence-electron chi connectivity index (χ0n) is 12.4. The third-order valence-corrected chi connectivity index (χ3v) is 4.64. The summed E-state index contributed by atoms with van der Waals surface area (Å²) in [6.45, 7) is 4.93. The molecule has 110 valence electrons. The van der Waals surface area contributed by atoms with Gasteiger partial charge in [-0.2, -0.15) is 0 Å². The molecular formula is C17H20N2OS. The maximum atomic E-state index is 11.6. The molecular weight excluding hydrogens is 280 g/mol. The van der Waals surface area contributed by atoms with E-state index in [1.165, 1.54) is 0 Å². The Labute approximate surface area is 129 Å². The van der Waals surface area contributed by atoms with Gasteiger partial charge >= 0.3 is 0 Å². The predicted molar refractivity (Wildman–Crippen MR) is 86.2 cm³/mol. The monoisotopic (exact) mass is 300 g/mol. The number of benzene rings is 1. The highest BCUT2D eigenvalue weighted by molar-refractivity contribution is 7.13. The lowest BCUT2D eigenvalue weighted by Crippen LogP contribution is -2.24. The number of hydrogen-bond donors (Lipinski definition) is 1. The third kappa shape index (κ3) is 3.50. The molecule has 0 unspecified atom stereocenters. The van der Waals surface area contributed by atoms with Crippen LogP contribution in [0.2, 0.25) is 0 Å². The number of nitrogens with zero attached hydrogens (tertiary/aromatic N) is 1. The van der Waals surface area contributed by atoms with E-state index in [4.69, 9.17) is 0 Å².